The van der Waals surface area contributed by atoms with Crippen molar-refractivity contribution >= 4 is 27.7 Å². The molecule has 1 atom stereocenters. The lowest BCUT2D eigenvalue weighted by atomic mass is 10.0. The second-order valence-electron chi connectivity index (χ2n) is 6.58. The second kappa shape index (κ2) is 5.82. The summed E-state index contributed by atoms with van der Waals surface area (Å²) in [5.41, 5.74) is 2.03. The van der Waals surface area contributed by atoms with Crippen LogP contribution in [0.5, 0.6) is 0 Å². The zero-order chi connectivity index (χ0) is 15.8. The Morgan fingerprint density at radius 2 is 1.61 bits per heavy atom. The van der Waals surface area contributed by atoms with Gasteiger partial charge in [-0.05, 0) is 38.4 Å². The average Bonchev–Trinajstić information content (AvgIpc) is 2.91. The Labute approximate surface area is 136 Å². The molecule has 3 aromatic rings. The van der Waals surface area contributed by atoms with Crippen LogP contribution in [-0.4, -0.2) is 34.5 Å². The maximum atomic E-state index is 13.1. The first-order valence-corrected chi connectivity index (χ1v) is 8.51. The number of piperidine rings is 1. The van der Waals surface area contributed by atoms with Crippen LogP contribution >= 0.6 is 0 Å². The minimum absolute atomic E-state index is 0.177. The highest BCUT2D eigenvalue weighted by atomic mass is 16.2. The Morgan fingerprint density at radius 3 is 2.22 bits per heavy atom. The van der Waals surface area contributed by atoms with Gasteiger partial charge in [-0.3, -0.25) is 14.3 Å². The van der Waals surface area contributed by atoms with Gasteiger partial charge in [0.1, 0.15) is 0 Å². The SMILES string of the molecule is C[C@H]1CCCCN1CC(=O)n1c2ccccc2c2ccccc21. The van der Waals surface area contributed by atoms with E-state index in [4.69, 9.17) is 0 Å². The summed E-state index contributed by atoms with van der Waals surface area (Å²) in [6.45, 7) is 3.77. The monoisotopic (exact) mass is 306 g/mol. The molecule has 1 aliphatic rings. The number of nitrogens with zero attached hydrogens (tertiary/aromatic N) is 2. The van der Waals surface area contributed by atoms with E-state index in [0.717, 1.165) is 28.4 Å². The fourth-order valence-electron chi connectivity index (χ4n) is 3.83. The summed E-state index contributed by atoms with van der Waals surface area (Å²) in [6, 6.07) is 16.9. The highest BCUT2D eigenvalue weighted by Gasteiger charge is 2.23. The second-order valence-corrected chi connectivity index (χ2v) is 6.58. The van der Waals surface area contributed by atoms with Crippen LogP contribution in [0.1, 0.15) is 31.0 Å². The number of benzene rings is 2. The van der Waals surface area contributed by atoms with Crippen LogP contribution in [0.3, 0.4) is 0 Å². The third-order valence-corrected chi connectivity index (χ3v) is 5.11. The molecule has 1 aromatic heterocycles. The lowest BCUT2D eigenvalue weighted by Gasteiger charge is -2.32. The van der Waals surface area contributed by atoms with Crippen LogP contribution < -0.4 is 0 Å². The fraction of sp³-hybridized carbons (Fsp3) is 0.350. The van der Waals surface area contributed by atoms with Crippen molar-refractivity contribution in [1.29, 1.82) is 0 Å². The van der Waals surface area contributed by atoms with Crippen LogP contribution in [0.2, 0.25) is 0 Å². The van der Waals surface area contributed by atoms with Gasteiger partial charge >= 0.3 is 0 Å². The van der Waals surface area contributed by atoms with Gasteiger partial charge in [0.05, 0.1) is 17.6 Å². The Balaban J connectivity index is 1.79. The first kappa shape index (κ1) is 14.5. The lowest BCUT2D eigenvalue weighted by molar-refractivity contribution is 0.0789. The van der Waals surface area contributed by atoms with E-state index in [2.05, 4.69) is 24.0 Å². The van der Waals surface area contributed by atoms with Crippen molar-refractivity contribution in [2.24, 2.45) is 0 Å². The molecule has 0 aliphatic carbocycles. The van der Waals surface area contributed by atoms with Crippen molar-refractivity contribution < 1.29 is 4.79 Å². The molecule has 23 heavy (non-hydrogen) atoms. The summed E-state index contributed by atoms with van der Waals surface area (Å²) in [6.07, 6.45) is 3.67. The quantitative estimate of drug-likeness (QED) is 0.705. The van der Waals surface area contributed by atoms with E-state index in [9.17, 15) is 4.79 Å². The molecular formula is C20H22N2O. The van der Waals surface area contributed by atoms with Gasteiger partial charge in [0, 0.05) is 16.8 Å². The van der Waals surface area contributed by atoms with Gasteiger partial charge in [0.25, 0.3) is 0 Å². The molecule has 0 unspecified atom stereocenters. The lowest BCUT2D eigenvalue weighted by Crippen LogP contribution is -2.42. The zero-order valence-electron chi connectivity index (χ0n) is 13.5. The van der Waals surface area contributed by atoms with Gasteiger partial charge in [-0.25, -0.2) is 0 Å². The van der Waals surface area contributed by atoms with E-state index in [1.54, 1.807) is 0 Å². The largest absolute Gasteiger partial charge is 0.292 e. The molecule has 0 N–H and O–H groups in total. The minimum Gasteiger partial charge on any atom is -0.292 e. The van der Waals surface area contributed by atoms with E-state index < -0.39 is 0 Å². The van der Waals surface area contributed by atoms with Crippen molar-refractivity contribution in [3.05, 3.63) is 48.5 Å². The summed E-state index contributed by atoms with van der Waals surface area (Å²) in [5, 5.41) is 2.31. The predicted octanol–water partition coefficient (Wildman–Crippen LogP) is 4.31. The molecular weight excluding hydrogens is 284 g/mol. The molecule has 118 valence electrons. The smallest absolute Gasteiger partial charge is 0.245 e. The molecule has 1 aliphatic heterocycles. The summed E-state index contributed by atoms with van der Waals surface area (Å²) in [4.78, 5) is 15.4. The van der Waals surface area contributed by atoms with Gasteiger partial charge < -0.3 is 0 Å². The minimum atomic E-state index is 0.177. The highest BCUT2D eigenvalue weighted by molar-refractivity contribution is 6.13. The van der Waals surface area contributed by atoms with Crippen LogP contribution in [0.4, 0.5) is 0 Å². The maximum Gasteiger partial charge on any atom is 0.245 e. The molecule has 0 spiro atoms. The average molecular weight is 306 g/mol. The Morgan fingerprint density at radius 1 is 1.00 bits per heavy atom. The van der Waals surface area contributed by atoms with Crippen molar-refractivity contribution in [3.63, 3.8) is 0 Å². The van der Waals surface area contributed by atoms with E-state index in [0.29, 0.717) is 12.6 Å². The first-order chi connectivity index (χ1) is 11.3. The number of hydrogen-bond acceptors (Lipinski definition) is 2. The van der Waals surface area contributed by atoms with Crippen molar-refractivity contribution in [2.45, 2.75) is 32.2 Å². The van der Waals surface area contributed by atoms with Crippen molar-refractivity contribution in [1.82, 2.24) is 9.47 Å². The first-order valence-electron chi connectivity index (χ1n) is 8.51. The highest BCUT2D eigenvalue weighted by Crippen LogP contribution is 2.29. The number of carbonyl (C=O) groups excluding carboxylic acids is 1. The zero-order valence-corrected chi connectivity index (χ0v) is 13.5. The molecule has 0 radical (unpaired) electrons. The van der Waals surface area contributed by atoms with E-state index >= 15 is 0 Å². The van der Waals surface area contributed by atoms with E-state index in [1.165, 1.54) is 19.3 Å². The van der Waals surface area contributed by atoms with Crippen LogP contribution in [0, 0.1) is 0 Å². The molecule has 2 aromatic carbocycles. The molecule has 1 saturated heterocycles. The van der Waals surface area contributed by atoms with Gasteiger partial charge in [-0.15, -0.1) is 0 Å². The van der Waals surface area contributed by atoms with Gasteiger partial charge in [-0.2, -0.15) is 0 Å². The fourth-order valence-corrected chi connectivity index (χ4v) is 3.83. The van der Waals surface area contributed by atoms with Crippen LogP contribution in [0.25, 0.3) is 21.8 Å². The summed E-state index contributed by atoms with van der Waals surface area (Å²) in [7, 11) is 0. The molecule has 2 heterocycles. The molecule has 0 bridgehead atoms. The number of carbonyl (C=O) groups is 1. The Hall–Kier alpha value is -2.13. The summed E-state index contributed by atoms with van der Waals surface area (Å²) in [5.74, 6) is 0.177. The normalized spacial score (nSPS) is 19.4. The Bertz CT molecular complexity index is 811. The number of fused-ring (bicyclic) bond motifs is 3. The molecule has 4 rings (SSSR count). The standard InChI is InChI=1S/C20H22N2O/c1-15-8-6-7-13-21(15)14-20(23)22-18-11-4-2-9-16(18)17-10-3-5-12-19(17)22/h2-5,9-12,15H,6-8,13-14H2,1H3/t15-/m0/s1. The predicted molar refractivity (Wildman–Crippen MR) is 95.0 cm³/mol. The molecule has 3 heteroatoms. The topological polar surface area (TPSA) is 25.2 Å². The molecule has 3 nitrogen and oxygen atoms in total. The maximum absolute atomic E-state index is 13.1. The molecule has 0 saturated carbocycles. The Kier molecular flexibility index (Phi) is 3.66. The van der Waals surface area contributed by atoms with Crippen molar-refractivity contribution in [2.75, 3.05) is 13.1 Å². The van der Waals surface area contributed by atoms with E-state index in [1.807, 2.05) is 41.0 Å². The number of likely N-dealkylation sites (tertiary alicyclic amines) is 1. The third kappa shape index (κ3) is 2.45. The number of rotatable bonds is 2. The number of aromatic nitrogens is 1. The van der Waals surface area contributed by atoms with Crippen LogP contribution in [-0.2, 0) is 0 Å². The molecule has 1 fully saturated rings. The number of hydrogen-bond donors (Lipinski definition) is 0. The molecule has 0 amide bonds. The van der Waals surface area contributed by atoms with Crippen molar-refractivity contribution in [3.8, 4) is 0 Å². The number of para-hydroxylation sites is 2. The van der Waals surface area contributed by atoms with Gasteiger partial charge in [0.15, 0.2) is 0 Å². The summed E-state index contributed by atoms with van der Waals surface area (Å²) < 4.78 is 1.91. The van der Waals surface area contributed by atoms with Gasteiger partial charge in [-0.1, -0.05) is 42.8 Å². The third-order valence-electron chi connectivity index (χ3n) is 5.11. The van der Waals surface area contributed by atoms with Crippen LogP contribution in [0.15, 0.2) is 48.5 Å². The summed E-state index contributed by atoms with van der Waals surface area (Å²) >= 11 is 0. The van der Waals surface area contributed by atoms with E-state index in [-0.39, 0.29) is 5.91 Å². The van der Waals surface area contributed by atoms with Gasteiger partial charge in [0.2, 0.25) is 5.91 Å².